The van der Waals surface area contributed by atoms with E-state index in [9.17, 15) is 5.11 Å². The van der Waals surface area contributed by atoms with E-state index in [1.54, 1.807) is 0 Å². The van der Waals surface area contributed by atoms with E-state index in [0.29, 0.717) is 18.7 Å². The summed E-state index contributed by atoms with van der Waals surface area (Å²) < 4.78 is 5.84. The van der Waals surface area contributed by atoms with Crippen molar-refractivity contribution in [3.8, 4) is 0 Å². The lowest BCUT2D eigenvalue weighted by atomic mass is 9.92. The maximum Gasteiger partial charge on any atom is 0.0855 e. The number of fused-ring (bicyclic) bond motifs is 1. The first-order valence-corrected chi connectivity index (χ1v) is 6.97. The topological polar surface area (TPSA) is 55.5 Å². The zero-order chi connectivity index (χ0) is 13.9. The van der Waals surface area contributed by atoms with Crippen molar-refractivity contribution >= 4 is 5.69 Å². The van der Waals surface area contributed by atoms with E-state index in [-0.39, 0.29) is 6.10 Å². The number of aliphatic hydroxyl groups excluding tert-OH is 1. The van der Waals surface area contributed by atoms with E-state index in [2.05, 4.69) is 12.1 Å². The molecule has 3 rings (SSSR count). The highest BCUT2D eigenvalue weighted by Gasteiger charge is 2.24. The summed E-state index contributed by atoms with van der Waals surface area (Å²) in [6, 6.07) is 15.7. The van der Waals surface area contributed by atoms with Crippen LogP contribution in [0.1, 0.15) is 35.3 Å². The molecule has 0 spiro atoms. The van der Waals surface area contributed by atoms with Crippen molar-refractivity contribution in [1.29, 1.82) is 0 Å². The molecule has 2 atom stereocenters. The van der Waals surface area contributed by atoms with Gasteiger partial charge in [-0.05, 0) is 23.6 Å². The fraction of sp³-hybridized carbons (Fsp3) is 0.294. The monoisotopic (exact) mass is 269 g/mol. The molecule has 3 nitrogen and oxygen atoms in total. The third-order valence-corrected chi connectivity index (χ3v) is 3.88. The van der Waals surface area contributed by atoms with Gasteiger partial charge in [0.2, 0.25) is 0 Å². The van der Waals surface area contributed by atoms with Crippen molar-refractivity contribution < 1.29 is 9.84 Å². The van der Waals surface area contributed by atoms with Gasteiger partial charge >= 0.3 is 0 Å². The minimum atomic E-state index is -0.604. The van der Waals surface area contributed by atoms with Crippen molar-refractivity contribution in [3.63, 3.8) is 0 Å². The van der Waals surface area contributed by atoms with E-state index >= 15 is 0 Å². The summed E-state index contributed by atoms with van der Waals surface area (Å²) in [6.45, 7) is 0.707. The standard InChI is InChI=1S/C17H19NO2/c18-15-8-4-3-7-14(15)16(19)11-17-13-6-2-1-5-12(13)9-10-20-17/h1-8,16-17,19H,9-11,18H2. The Hall–Kier alpha value is -1.84. The average molecular weight is 269 g/mol. The molecular weight excluding hydrogens is 250 g/mol. The highest BCUT2D eigenvalue weighted by Crippen LogP contribution is 2.35. The zero-order valence-electron chi connectivity index (χ0n) is 11.3. The van der Waals surface area contributed by atoms with Gasteiger partial charge in [-0.25, -0.2) is 0 Å². The summed E-state index contributed by atoms with van der Waals surface area (Å²) in [6.07, 6.45) is 0.809. The van der Waals surface area contributed by atoms with Crippen LogP contribution in [-0.2, 0) is 11.2 Å². The van der Waals surface area contributed by atoms with E-state index in [1.165, 1.54) is 11.1 Å². The van der Waals surface area contributed by atoms with Gasteiger partial charge in [0.25, 0.3) is 0 Å². The quantitative estimate of drug-likeness (QED) is 0.842. The lowest BCUT2D eigenvalue weighted by Gasteiger charge is -2.28. The van der Waals surface area contributed by atoms with Crippen LogP contribution in [0.15, 0.2) is 48.5 Å². The van der Waals surface area contributed by atoms with Crippen molar-refractivity contribution in [2.75, 3.05) is 12.3 Å². The second-order valence-electron chi connectivity index (χ2n) is 5.19. The largest absolute Gasteiger partial charge is 0.398 e. The van der Waals surface area contributed by atoms with E-state index < -0.39 is 6.10 Å². The number of anilines is 1. The molecule has 0 fully saturated rings. The van der Waals surface area contributed by atoms with Crippen LogP contribution in [0.2, 0.25) is 0 Å². The highest BCUT2D eigenvalue weighted by atomic mass is 16.5. The third-order valence-electron chi connectivity index (χ3n) is 3.88. The van der Waals surface area contributed by atoms with Gasteiger partial charge in [0.15, 0.2) is 0 Å². The molecule has 0 amide bonds. The summed E-state index contributed by atoms with van der Waals surface area (Å²) >= 11 is 0. The smallest absolute Gasteiger partial charge is 0.0855 e. The van der Waals surface area contributed by atoms with Crippen molar-refractivity contribution in [3.05, 3.63) is 65.2 Å². The predicted molar refractivity (Wildman–Crippen MR) is 79.3 cm³/mol. The number of para-hydroxylation sites is 1. The Labute approximate surface area is 119 Å². The van der Waals surface area contributed by atoms with Crippen LogP contribution in [0.3, 0.4) is 0 Å². The van der Waals surface area contributed by atoms with Crippen LogP contribution >= 0.6 is 0 Å². The van der Waals surface area contributed by atoms with Crippen molar-refractivity contribution in [2.24, 2.45) is 0 Å². The normalized spacial score (nSPS) is 19.4. The number of hydrogen-bond donors (Lipinski definition) is 2. The average Bonchev–Trinajstić information content (AvgIpc) is 2.48. The fourth-order valence-corrected chi connectivity index (χ4v) is 2.82. The number of nitrogen functional groups attached to an aromatic ring is 1. The lowest BCUT2D eigenvalue weighted by molar-refractivity contribution is 0.00394. The number of benzene rings is 2. The first-order chi connectivity index (χ1) is 9.75. The minimum absolute atomic E-state index is 0.0606. The molecule has 2 unspecified atom stereocenters. The Morgan fingerprint density at radius 3 is 2.75 bits per heavy atom. The first-order valence-electron chi connectivity index (χ1n) is 6.97. The van der Waals surface area contributed by atoms with Crippen LogP contribution < -0.4 is 5.73 Å². The maximum atomic E-state index is 10.4. The molecule has 0 bridgehead atoms. The molecule has 104 valence electrons. The zero-order valence-corrected chi connectivity index (χ0v) is 11.3. The van der Waals surface area contributed by atoms with Gasteiger partial charge in [-0.1, -0.05) is 42.5 Å². The molecule has 0 saturated heterocycles. The first kappa shape index (κ1) is 13.2. The molecule has 0 aliphatic carbocycles. The van der Waals surface area contributed by atoms with Crippen LogP contribution in [0.25, 0.3) is 0 Å². The Balaban J connectivity index is 1.81. The van der Waals surface area contributed by atoms with Crippen LogP contribution in [0.5, 0.6) is 0 Å². The number of rotatable bonds is 3. The van der Waals surface area contributed by atoms with Gasteiger partial charge in [0.05, 0.1) is 18.8 Å². The Bertz CT molecular complexity index is 597. The van der Waals surface area contributed by atoms with Gasteiger partial charge in [-0.2, -0.15) is 0 Å². The molecule has 1 aliphatic heterocycles. The number of aliphatic hydroxyl groups is 1. The fourth-order valence-electron chi connectivity index (χ4n) is 2.82. The van der Waals surface area contributed by atoms with Gasteiger partial charge in [0, 0.05) is 17.7 Å². The third kappa shape index (κ3) is 2.55. The summed E-state index contributed by atoms with van der Waals surface area (Å²) in [5, 5.41) is 10.4. The van der Waals surface area contributed by atoms with Gasteiger partial charge in [-0.15, -0.1) is 0 Å². The Kier molecular flexibility index (Phi) is 3.72. The SMILES string of the molecule is Nc1ccccc1C(O)CC1OCCc2ccccc21. The summed E-state index contributed by atoms with van der Waals surface area (Å²) in [5.41, 5.74) is 9.83. The molecule has 2 aromatic carbocycles. The van der Waals surface area contributed by atoms with Crippen molar-refractivity contribution in [1.82, 2.24) is 0 Å². The van der Waals surface area contributed by atoms with Gasteiger partial charge in [0.1, 0.15) is 0 Å². The minimum Gasteiger partial charge on any atom is -0.398 e. The van der Waals surface area contributed by atoms with Crippen LogP contribution in [0.4, 0.5) is 5.69 Å². The van der Waals surface area contributed by atoms with E-state index in [4.69, 9.17) is 10.5 Å². The second-order valence-corrected chi connectivity index (χ2v) is 5.19. The van der Waals surface area contributed by atoms with Crippen LogP contribution in [0, 0.1) is 0 Å². The molecule has 1 aliphatic rings. The molecule has 2 aromatic rings. The molecule has 20 heavy (non-hydrogen) atoms. The number of nitrogens with two attached hydrogens (primary N) is 1. The van der Waals surface area contributed by atoms with Crippen LogP contribution in [-0.4, -0.2) is 11.7 Å². The summed E-state index contributed by atoms with van der Waals surface area (Å²) in [4.78, 5) is 0. The van der Waals surface area contributed by atoms with E-state index in [0.717, 1.165) is 12.0 Å². The molecular formula is C17H19NO2. The van der Waals surface area contributed by atoms with E-state index in [1.807, 2.05) is 36.4 Å². The predicted octanol–water partition coefficient (Wildman–Crippen LogP) is 3.01. The Morgan fingerprint density at radius 1 is 1.15 bits per heavy atom. The van der Waals surface area contributed by atoms with Gasteiger partial charge < -0.3 is 15.6 Å². The molecule has 3 heteroatoms. The van der Waals surface area contributed by atoms with Gasteiger partial charge in [-0.3, -0.25) is 0 Å². The lowest BCUT2D eigenvalue weighted by Crippen LogP contribution is -2.18. The summed E-state index contributed by atoms with van der Waals surface area (Å²) in [7, 11) is 0. The molecule has 0 radical (unpaired) electrons. The molecule has 3 N–H and O–H groups in total. The maximum absolute atomic E-state index is 10.4. The Morgan fingerprint density at radius 2 is 1.90 bits per heavy atom. The number of hydrogen-bond acceptors (Lipinski definition) is 3. The highest BCUT2D eigenvalue weighted by molar-refractivity contribution is 5.47. The summed E-state index contributed by atoms with van der Waals surface area (Å²) in [5.74, 6) is 0. The molecule has 1 heterocycles. The van der Waals surface area contributed by atoms with Crippen molar-refractivity contribution in [2.45, 2.75) is 25.0 Å². The number of ether oxygens (including phenoxy) is 1. The molecule has 0 aromatic heterocycles. The second kappa shape index (κ2) is 5.65. The molecule has 0 saturated carbocycles.